The summed E-state index contributed by atoms with van der Waals surface area (Å²) in [5.41, 5.74) is 0.477. The molecule has 2 rings (SSSR count). The average Bonchev–Trinajstić information content (AvgIpc) is 2.83. The number of fused-ring (bicyclic) bond motifs is 1. The zero-order valence-corrected chi connectivity index (χ0v) is 11.8. The normalized spacial score (nSPS) is 13.2. The molecule has 1 amide bonds. The number of hydrogen-bond donors (Lipinski definition) is 2. The van der Waals surface area contributed by atoms with Crippen molar-refractivity contribution >= 4 is 15.9 Å². The number of carbonyl (C=O) groups excluding carboxylic acids is 1. The maximum Gasteiger partial charge on any atom is 0.251 e. The second kappa shape index (κ2) is 6.10. The summed E-state index contributed by atoms with van der Waals surface area (Å²) in [4.78, 5) is 11.9. The van der Waals surface area contributed by atoms with E-state index >= 15 is 0 Å². The van der Waals surface area contributed by atoms with Crippen molar-refractivity contribution in [3.8, 4) is 11.5 Å². The monoisotopic (exact) mass is 300 g/mol. The van der Waals surface area contributed by atoms with Crippen LogP contribution in [0.4, 0.5) is 0 Å². The van der Waals surface area contributed by atoms with E-state index in [-0.39, 0.29) is 12.7 Å². The van der Waals surface area contributed by atoms with Crippen LogP contribution in [0.1, 0.15) is 16.8 Å². The molecule has 1 aromatic carbocycles. The lowest BCUT2D eigenvalue weighted by molar-refractivity contribution is 0.0953. The molecule has 0 saturated heterocycles. The summed E-state index contributed by atoms with van der Waals surface area (Å²) in [6.07, 6.45) is 1.61. The maximum absolute atomic E-state index is 11.9. The van der Waals surface area contributed by atoms with Crippen molar-refractivity contribution in [2.75, 3.05) is 26.1 Å². The fourth-order valence-corrected chi connectivity index (χ4v) is 2.20. The van der Waals surface area contributed by atoms with Gasteiger partial charge in [-0.2, -0.15) is 0 Å². The third-order valence-corrected chi connectivity index (χ3v) is 3.37. The molecule has 0 bridgehead atoms. The molecule has 1 aliphatic heterocycles. The van der Waals surface area contributed by atoms with Crippen molar-refractivity contribution in [2.24, 2.45) is 0 Å². The van der Waals surface area contributed by atoms with Gasteiger partial charge in [-0.3, -0.25) is 4.79 Å². The zero-order chi connectivity index (χ0) is 14.6. The summed E-state index contributed by atoms with van der Waals surface area (Å²) in [5, 5.41) is 2.71. The van der Waals surface area contributed by atoms with Gasteiger partial charge in [0, 0.05) is 18.7 Å². The first kappa shape index (κ1) is 14.6. The lowest BCUT2D eigenvalue weighted by Crippen LogP contribution is -2.29. The summed E-state index contributed by atoms with van der Waals surface area (Å²) in [7, 11) is -3.18. The van der Waals surface area contributed by atoms with E-state index in [0.717, 1.165) is 6.26 Å². The van der Waals surface area contributed by atoms with Gasteiger partial charge in [-0.1, -0.05) is 0 Å². The molecule has 2 N–H and O–H groups in total. The van der Waals surface area contributed by atoms with Gasteiger partial charge in [-0.05, 0) is 24.6 Å². The van der Waals surface area contributed by atoms with E-state index in [4.69, 9.17) is 9.47 Å². The highest BCUT2D eigenvalue weighted by Gasteiger charge is 2.15. The topological polar surface area (TPSA) is 93.7 Å². The third-order valence-electron chi connectivity index (χ3n) is 2.64. The van der Waals surface area contributed by atoms with Crippen LogP contribution in [0.25, 0.3) is 0 Å². The fraction of sp³-hybridized carbons (Fsp3) is 0.417. The van der Waals surface area contributed by atoms with E-state index < -0.39 is 10.0 Å². The van der Waals surface area contributed by atoms with Crippen molar-refractivity contribution < 1.29 is 22.7 Å². The largest absolute Gasteiger partial charge is 0.454 e. The number of ether oxygens (including phenoxy) is 2. The number of carbonyl (C=O) groups is 1. The number of hydrogen-bond acceptors (Lipinski definition) is 5. The molecular formula is C12H16N2O5S. The highest BCUT2D eigenvalue weighted by atomic mass is 32.2. The molecule has 0 unspecified atom stereocenters. The second-order valence-corrected chi connectivity index (χ2v) is 6.18. The van der Waals surface area contributed by atoms with Gasteiger partial charge >= 0.3 is 0 Å². The summed E-state index contributed by atoms with van der Waals surface area (Å²) >= 11 is 0. The van der Waals surface area contributed by atoms with E-state index in [1.54, 1.807) is 18.2 Å². The second-order valence-electron chi connectivity index (χ2n) is 4.34. The van der Waals surface area contributed by atoms with E-state index in [2.05, 4.69) is 10.0 Å². The Balaban J connectivity index is 1.78. The van der Waals surface area contributed by atoms with Gasteiger partial charge < -0.3 is 14.8 Å². The molecule has 0 aliphatic carbocycles. The van der Waals surface area contributed by atoms with Crippen molar-refractivity contribution in [1.29, 1.82) is 0 Å². The highest BCUT2D eigenvalue weighted by Crippen LogP contribution is 2.32. The van der Waals surface area contributed by atoms with Crippen molar-refractivity contribution in [2.45, 2.75) is 6.42 Å². The first-order valence-corrected chi connectivity index (χ1v) is 7.97. The number of nitrogens with one attached hydrogen (secondary N) is 2. The van der Waals surface area contributed by atoms with Crippen molar-refractivity contribution in [3.63, 3.8) is 0 Å². The Labute approximate surface area is 117 Å². The van der Waals surface area contributed by atoms with Crippen molar-refractivity contribution in [1.82, 2.24) is 10.0 Å². The fourth-order valence-electron chi connectivity index (χ4n) is 1.69. The molecule has 1 aliphatic rings. The van der Waals surface area contributed by atoms with Crippen LogP contribution in [0.15, 0.2) is 18.2 Å². The predicted octanol–water partition coefficient (Wildman–Crippen LogP) is 0.0844. The molecule has 110 valence electrons. The van der Waals surface area contributed by atoms with E-state index in [0.29, 0.717) is 36.6 Å². The van der Waals surface area contributed by atoms with Crippen LogP contribution in [-0.2, 0) is 10.0 Å². The third kappa shape index (κ3) is 4.10. The standard InChI is InChI=1S/C12H16N2O5S/c1-20(16,17)14-6-2-5-13-12(15)9-3-4-10-11(7-9)19-8-18-10/h3-4,7,14H,2,5-6,8H2,1H3,(H,13,15). The highest BCUT2D eigenvalue weighted by molar-refractivity contribution is 7.88. The molecular weight excluding hydrogens is 284 g/mol. The van der Waals surface area contributed by atoms with Crippen LogP contribution in [0.2, 0.25) is 0 Å². The smallest absolute Gasteiger partial charge is 0.251 e. The van der Waals surface area contributed by atoms with E-state index in [1.807, 2.05) is 0 Å². The number of rotatable bonds is 6. The van der Waals surface area contributed by atoms with Crippen LogP contribution >= 0.6 is 0 Å². The Hall–Kier alpha value is -1.80. The van der Waals surface area contributed by atoms with Gasteiger partial charge in [0.15, 0.2) is 11.5 Å². The number of benzene rings is 1. The van der Waals surface area contributed by atoms with E-state index in [9.17, 15) is 13.2 Å². The Morgan fingerprint density at radius 1 is 1.25 bits per heavy atom. The van der Waals surface area contributed by atoms with Crippen molar-refractivity contribution in [3.05, 3.63) is 23.8 Å². The van der Waals surface area contributed by atoms with Gasteiger partial charge in [0.25, 0.3) is 5.91 Å². The maximum atomic E-state index is 11.9. The van der Waals surface area contributed by atoms with Crippen LogP contribution < -0.4 is 19.5 Å². The lowest BCUT2D eigenvalue weighted by Gasteiger charge is -2.06. The molecule has 0 aromatic heterocycles. The van der Waals surface area contributed by atoms with Gasteiger partial charge in [0.2, 0.25) is 16.8 Å². The SMILES string of the molecule is CS(=O)(=O)NCCCNC(=O)c1ccc2c(c1)OCO2. The van der Waals surface area contributed by atoms with Crippen LogP contribution in [0, 0.1) is 0 Å². The van der Waals surface area contributed by atoms with Gasteiger partial charge in [0.05, 0.1) is 6.26 Å². The summed E-state index contributed by atoms with van der Waals surface area (Å²) in [6.45, 7) is 0.841. The first-order chi connectivity index (χ1) is 9.46. The van der Waals surface area contributed by atoms with Gasteiger partial charge in [0.1, 0.15) is 0 Å². The average molecular weight is 300 g/mol. The minimum atomic E-state index is -3.18. The number of sulfonamides is 1. The van der Waals surface area contributed by atoms with Crippen LogP contribution in [0.3, 0.4) is 0 Å². The van der Waals surface area contributed by atoms with Gasteiger partial charge in [-0.25, -0.2) is 13.1 Å². The predicted molar refractivity (Wildman–Crippen MR) is 72.4 cm³/mol. The van der Waals surface area contributed by atoms with Crippen LogP contribution in [0.5, 0.6) is 11.5 Å². The first-order valence-electron chi connectivity index (χ1n) is 6.08. The molecule has 0 radical (unpaired) electrons. The Morgan fingerprint density at radius 2 is 2.00 bits per heavy atom. The summed E-state index contributed by atoms with van der Waals surface area (Å²) < 4.78 is 34.4. The zero-order valence-electron chi connectivity index (χ0n) is 11.0. The minimum Gasteiger partial charge on any atom is -0.454 e. The Morgan fingerprint density at radius 3 is 2.75 bits per heavy atom. The Bertz CT molecular complexity index is 600. The molecule has 8 heteroatoms. The minimum absolute atomic E-state index is 0.164. The molecule has 7 nitrogen and oxygen atoms in total. The summed E-state index contributed by atoms with van der Waals surface area (Å²) in [5.74, 6) is 0.943. The molecule has 1 heterocycles. The lowest BCUT2D eigenvalue weighted by atomic mass is 10.2. The number of amides is 1. The molecule has 0 spiro atoms. The van der Waals surface area contributed by atoms with E-state index in [1.165, 1.54) is 0 Å². The molecule has 0 atom stereocenters. The quantitative estimate of drug-likeness (QED) is 0.726. The van der Waals surface area contributed by atoms with Gasteiger partial charge in [-0.15, -0.1) is 0 Å². The molecule has 0 saturated carbocycles. The Kier molecular flexibility index (Phi) is 4.46. The molecule has 1 aromatic rings. The van der Waals surface area contributed by atoms with Crippen LogP contribution in [-0.4, -0.2) is 40.5 Å². The molecule has 20 heavy (non-hydrogen) atoms. The molecule has 0 fully saturated rings. The summed E-state index contributed by atoms with van der Waals surface area (Å²) in [6, 6.07) is 4.95.